The van der Waals surface area contributed by atoms with Gasteiger partial charge in [-0.2, -0.15) is 0 Å². The summed E-state index contributed by atoms with van der Waals surface area (Å²) in [5.41, 5.74) is 1.47. The number of benzene rings is 2. The van der Waals surface area contributed by atoms with Gasteiger partial charge in [0.2, 0.25) is 0 Å². The van der Waals surface area contributed by atoms with Gasteiger partial charge in [0, 0.05) is 6.04 Å². The molecular weight excluding hydrogens is 256 g/mol. The molecule has 1 saturated heterocycles. The number of likely N-dealkylation sites (tertiary alicyclic amines) is 1. The fraction of sp³-hybridized carbons (Fsp3) is 0.474. The summed E-state index contributed by atoms with van der Waals surface area (Å²) in [6.45, 7) is 5.70. The Bertz CT molecular complexity index is 593. The first kappa shape index (κ1) is 14.6. The highest BCUT2D eigenvalue weighted by Gasteiger charge is 2.32. The van der Waals surface area contributed by atoms with Crippen molar-refractivity contribution >= 4 is 10.8 Å². The molecule has 2 aromatic rings. The number of hydrogen-bond donors (Lipinski definition) is 1. The summed E-state index contributed by atoms with van der Waals surface area (Å²) in [5.74, 6) is 0.725. The Hall–Kier alpha value is -1.38. The molecule has 1 heterocycles. The fourth-order valence-electron chi connectivity index (χ4n) is 3.62. The lowest BCUT2D eigenvalue weighted by Crippen LogP contribution is -2.28. The van der Waals surface area contributed by atoms with Gasteiger partial charge < -0.3 is 5.32 Å². The molecule has 0 radical (unpaired) electrons. The predicted molar refractivity (Wildman–Crippen MR) is 90.6 cm³/mol. The lowest BCUT2D eigenvalue weighted by atomic mass is 9.92. The molecule has 1 aliphatic heterocycles. The van der Waals surface area contributed by atoms with Crippen molar-refractivity contribution in [2.45, 2.75) is 25.8 Å². The smallest absolute Gasteiger partial charge is 0.0386 e. The third-order valence-corrected chi connectivity index (χ3v) is 4.72. The maximum absolute atomic E-state index is 3.61. The van der Waals surface area contributed by atoms with Gasteiger partial charge in [-0.15, -0.1) is 0 Å². The molecule has 1 N–H and O–H groups in total. The van der Waals surface area contributed by atoms with Gasteiger partial charge in [0.15, 0.2) is 0 Å². The van der Waals surface area contributed by atoms with E-state index in [9.17, 15) is 0 Å². The molecule has 112 valence electrons. The van der Waals surface area contributed by atoms with E-state index in [1.807, 2.05) is 0 Å². The van der Waals surface area contributed by atoms with Gasteiger partial charge in [-0.25, -0.2) is 0 Å². The molecule has 2 unspecified atom stereocenters. The van der Waals surface area contributed by atoms with Gasteiger partial charge in [-0.1, -0.05) is 43.3 Å². The van der Waals surface area contributed by atoms with E-state index in [1.54, 1.807) is 0 Å². The van der Waals surface area contributed by atoms with Crippen molar-refractivity contribution in [3.8, 4) is 0 Å². The highest BCUT2D eigenvalue weighted by molar-refractivity contribution is 5.83. The molecule has 0 aliphatic carbocycles. The second-order valence-electron chi connectivity index (χ2n) is 6.28. The molecule has 2 aromatic carbocycles. The van der Waals surface area contributed by atoms with Crippen LogP contribution >= 0.6 is 0 Å². The molecule has 2 heteroatoms. The summed E-state index contributed by atoms with van der Waals surface area (Å²) < 4.78 is 0. The Morgan fingerprint density at radius 2 is 1.95 bits per heavy atom. The zero-order chi connectivity index (χ0) is 14.7. The minimum atomic E-state index is 0.555. The Morgan fingerprint density at radius 3 is 2.76 bits per heavy atom. The second-order valence-corrected chi connectivity index (χ2v) is 6.28. The average molecular weight is 282 g/mol. The average Bonchev–Trinajstić information content (AvgIpc) is 2.88. The number of nitrogens with zero attached hydrogens (tertiary/aromatic N) is 1. The zero-order valence-electron chi connectivity index (χ0n) is 13.2. The summed E-state index contributed by atoms with van der Waals surface area (Å²) in [7, 11) is 2.26. The first-order valence-electron chi connectivity index (χ1n) is 8.19. The first-order valence-corrected chi connectivity index (χ1v) is 8.19. The predicted octanol–water partition coefficient (Wildman–Crippen LogP) is 3.83. The van der Waals surface area contributed by atoms with E-state index >= 15 is 0 Å². The Kier molecular flexibility index (Phi) is 4.57. The van der Waals surface area contributed by atoms with Crippen LogP contribution < -0.4 is 5.32 Å². The monoisotopic (exact) mass is 282 g/mol. The van der Waals surface area contributed by atoms with Crippen molar-refractivity contribution in [3.05, 3.63) is 48.0 Å². The molecule has 0 aromatic heterocycles. The van der Waals surface area contributed by atoms with Crippen LogP contribution in [0.15, 0.2) is 42.5 Å². The topological polar surface area (TPSA) is 15.3 Å². The molecule has 3 rings (SSSR count). The quantitative estimate of drug-likeness (QED) is 0.838. The van der Waals surface area contributed by atoms with Crippen molar-refractivity contribution in [1.29, 1.82) is 0 Å². The molecular formula is C19H26N2. The Labute approximate surface area is 128 Å². The normalized spacial score (nSPS) is 23.0. The van der Waals surface area contributed by atoms with Gasteiger partial charge in [-0.3, -0.25) is 4.90 Å². The van der Waals surface area contributed by atoms with Crippen molar-refractivity contribution in [3.63, 3.8) is 0 Å². The maximum atomic E-state index is 3.61. The van der Waals surface area contributed by atoms with Crippen LogP contribution in [-0.4, -0.2) is 31.6 Å². The largest absolute Gasteiger partial charge is 0.316 e. The molecule has 1 fully saturated rings. The van der Waals surface area contributed by atoms with E-state index in [4.69, 9.17) is 0 Å². The summed E-state index contributed by atoms with van der Waals surface area (Å²) in [6.07, 6.45) is 2.51. The molecule has 0 saturated carbocycles. The minimum absolute atomic E-state index is 0.555. The molecule has 0 spiro atoms. The van der Waals surface area contributed by atoms with Crippen LogP contribution in [0.2, 0.25) is 0 Å². The number of fused-ring (bicyclic) bond motifs is 1. The lowest BCUT2D eigenvalue weighted by molar-refractivity contribution is 0.272. The van der Waals surface area contributed by atoms with Crippen LogP contribution in [0.3, 0.4) is 0 Å². The second kappa shape index (κ2) is 6.59. The van der Waals surface area contributed by atoms with Crippen LogP contribution in [-0.2, 0) is 0 Å². The fourth-order valence-corrected chi connectivity index (χ4v) is 3.62. The molecule has 0 bridgehead atoms. The van der Waals surface area contributed by atoms with E-state index in [1.165, 1.54) is 35.7 Å². The van der Waals surface area contributed by atoms with Crippen molar-refractivity contribution in [2.75, 3.05) is 26.7 Å². The maximum Gasteiger partial charge on any atom is 0.0386 e. The zero-order valence-corrected chi connectivity index (χ0v) is 13.2. The van der Waals surface area contributed by atoms with Gasteiger partial charge in [0.1, 0.15) is 0 Å². The molecule has 2 atom stereocenters. The third-order valence-electron chi connectivity index (χ3n) is 4.72. The standard InChI is InChI=1S/C19H26N2/c1-3-11-20-14-18-10-12-21(2)19(18)17-9-8-15-6-4-5-7-16(15)13-17/h4-9,13,18-20H,3,10-12,14H2,1-2H3. The van der Waals surface area contributed by atoms with Crippen molar-refractivity contribution in [2.24, 2.45) is 5.92 Å². The van der Waals surface area contributed by atoms with Gasteiger partial charge in [0.05, 0.1) is 0 Å². The van der Waals surface area contributed by atoms with Gasteiger partial charge in [0.25, 0.3) is 0 Å². The summed E-state index contributed by atoms with van der Waals surface area (Å²) in [4.78, 5) is 2.52. The van der Waals surface area contributed by atoms with Gasteiger partial charge >= 0.3 is 0 Å². The van der Waals surface area contributed by atoms with Crippen molar-refractivity contribution in [1.82, 2.24) is 10.2 Å². The number of rotatable bonds is 5. The summed E-state index contributed by atoms with van der Waals surface area (Å²) >= 11 is 0. The van der Waals surface area contributed by atoms with Gasteiger partial charge in [-0.05, 0) is 67.8 Å². The summed E-state index contributed by atoms with van der Waals surface area (Å²) in [6, 6.07) is 16.2. The first-order chi connectivity index (χ1) is 10.3. The molecule has 2 nitrogen and oxygen atoms in total. The van der Waals surface area contributed by atoms with E-state index in [-0.39, 0.29) is 0 Å². The SMILES string of the molecule is CCCNCC1CCN(C)C1c1ccc2ccccc2c1. The van der Waals surface area contributed by atoms with Crippen LogP contribution in [0.4, 0.5) is 0 Å². The highest BCUT2D eigenvalue weighted by atomic mass is 15.2. The van der Waals surface area contributed by atoms with Crippen LogP contribution in [0, 0.1) is 5.92 Å². The third kappa shape index (κ3) is 3.12. The van der Waals surface area contributed by atoms with E-state index in [0.29, 0.717) is 6.04 Å². The number of nitrogens with one attached hydrogen (secondary N) is 1. The van der Waals surface area contributed by atoms with E-state index in [2.05, 4.69) is 66.7 Å². The van der Waals surface area contributed by atoms with Crippen molar-refractivity contribution < 1.29 is 0 Å². The van der Waals surface area contributed by atoms with Crippen LogP contribution in [0.1, 0.15) is 31.4 Å². The lowest BCUT2D eigenvalue weighted by Gasteiger charge is -2.26. The van der Waals surface area contributed by atoms with E-state index < -0.39 is 0 Å². The molecule has 0 amide bonds. The minimum Gasteiger partial charge on any atom is -0.316 e. The molecule has 21 heavy (non-hydrogen) atoms. The summed E-state index contributed by atoms with van der Waals surface area (Å²) in [5, 5.41) is 6.30. The number of hydrogen-bond acceptors (Lipinski definition) is 2. The Morgan fingerprint density at radius 1 is 1.14 bits per heavy atom. The van der Waals surface area contributed by atoms with Crippen LogP contribution in [0.25, 0.3) is 10.8 Å². The molecule has 1 aliphatic rings. The Balaban J connectivity index is 1.83. The van der Waals surface area contributed by atoms with E-state index in [0.717, 1.165) is 19.0 Å². The highest BCUT2D eigenvalue weighted by Crippen LogP contribution is 2.36. The van der Waals surface area contributed by atoms with Crippen LogP contribution in [0.5, 0.6) is 0 Å².